The van der Waals surface area contributed by atoms with Gasteiger partial charge in [-0.15, -0.1) is 6.42 Å². The summed E-state index contributed by atoms with van der Waals surface area (Å²) in [6.45, 7) is 9.43. The lowest BCUT2D eigenvalue weighted by Gasteiger charge is -2.48. The van der Waals surface area contributed by atoms with Gasteiger partial charge in [0.25, 0.3) is 0 Å². The Morgan fingerprint density at radius 1 is 1.30 bits per heavy atom. The lowest BCUT2D eigenvalue weighted by Crippen LogP contribution is -3.24. The molecule has 0 saturated carbocycles. The SMILES string of the molecule is C#CC(C)(C)[NH+]1C[C@@H](C)[C@](O)(c2ccccc2)C[C@@H]1C. The highest BCUT2D eigenvalue weighted by Gasteiger charge is 2.49. The van der Waals surface area contributed by atoms with Crippen LogP contribution in [0.1, 0.15) is 39.7 Å². The maximum Gasteiger partial charge on any atom is 0.153 e. The number of benzene rings is 1. The van der Waals surface area contributed by atoms with Gasteiger partial charge in [0.15, 0.2) is 5.54 Å². The Bertz CT molecular complexity index is 502. The van der Waals surface area contributed by atoms with Crippen molar-refractivity contribution in [2.45, 2.75) is 51.3 Å². The molecule has 0 spiro atoms. The predicted molar refractivity (Wildman–Crippen MR) is 82.3 cm³/mol. The summed E-state index contributed by atoms with van der Waals surface area (Å²) >= 11 is 0. The van der Waals surface area contributed by atoms with Crippen LogP contribution < -0.4 is 4.90 Å². The van der Waals surface area contributed by atoms with E-state index in [-0.39, 0.29) is 11.5 Å². The van der Waals surface area contributed by atoms with Crippen LogP contribution in [0, 0.1) is 18.3 Å². The first-order chi connectivity index (χ1) is 9.31. The maximum absolute atomic E-state index is 11.2. The first-order valence-electron chi connectivity index (χ1n) is 7.43. The highest BCUT2D eigenvalue weighted by atomic mass is 16.3. The number of piperidine rings is 1. The fourth-order valence-electron chi connectivity index (χ4n) is 3.58. The van der Waals surface area contributed by atoms with Gasteiger partial charge in [-0.05, 0) is 18.4 Å². The van der Waals surface area contributed by atoms with Crippen molar-refractivity contribution in [2.24, 2.45) is 5.92 Å². The minimum atomic E-state index is -0.741. The Labute approximate surface area is 122 Å². The van der Waals surface area contributed by atoms with Gasteiger partial charge in [-0.2, -0.15) is 0 Å². The molecule has 2 heteroatoms. The molecule has 1 heterocycles. The van der Waals surface area contributed by atoms with Gasteiger partial charge in [-0.1, -0.05) is 37.3 Å². The number of terminal acetylenes is 1. The molecular formula is C18H26NO+. The monoisotopic (exact) mass is 272 g/mol. The second-order valence-electron chi connectivity index (χ2n) is 6.80. The van der Waals surface area contributed by atoms with E-state index in [9.17, 15) is 5.11 Å². The van der Waals surface area contributed by atoms with Gasteiger partial charge in [0.05, 0.1) is 12.6 Å². The Kier molecular flexibility index (Phi) is 3.95. The molecule has 1 unspecified atom stereocenters. The third kappa shape index (κ3) is 2.49. The van der Waals surface area contributed by atoms with Crippen LogP contribution in [0.25, 0.3) is 0 Å². The number of rotatable bonds is 2. The Morgan fingerprint density at radius 2 is 1.90 bits per heavy atom. The molecule has 1 aliphatic rings. The fourth-order valence-corrected chi connectivity index (χ4v) is 3.58. The average Bonchev–Trinajstić information content (AvgIpc) is 2.43. The van der Waals surface area contributed by atoms with Crippen LogP contribution in [0.15, 0.2) is 30.3 Å². The van der Waals surface area contributed by atoms with Crippen molar-refractivity contribution in [1.82, 2.24) is 0 Å². The molecule has 0 bridgehead atoms. The highest BCUT2D eigenvalue weighted by Crippen LogP contribution is 2.35. The quantitative estimate of drug-likeness (QED) is 0.785. The molecule has 2 N–H and O–H groups in total. The van der Waals surface area contributed by atoms with Gasteiger partial charge >= 0.3 is 0 Å². The van der Waals surface area contributed by atoms with E-state index in [2.05, 4.69) is 33.6 Å². The van der Waals surface area contributed by atoms with Crippen molar-refractivity contribution in [3.05, 3.63) is 35.9 Å². The van der Waals surface area contributed by atoms with Crippen LogP contribution >= 0.6 is 0 Å². The van der Waals surface area contributed by atoms with E-state index in [0.717, 1.165) is 18.5 Å². The number of nitrogens with one attached hydrogen (secondary N) is 1. The largest absolute Gasteiger partial charge is 0.384 e. The maximum atomic E-state index is 11.2. The average molecular weight is 272 g/mol. The summed E-state index contributed by atoms with van der Waals surface area (Å²) in [5.74, 6) is 3.09. The smallest absolute Gasteiger partial charge is 0.153 e. The zero-order chi connectivity index (χ0) is 15.0. The van der Waals surface area contributed by atoms with Crippen LogP contribution in [-0.4, -0.2) is 23.2 Å². The molecule has 4 atom stereocenters. The van der Waals surface area contributed by atoms with Gasteiger partial charge in [-0.25, -0.2) is 0 Å². The number of hydrogen-bond donors (Lipinski definition) is 2. The molecule has 108 valence electrons. The number of aliphatic hydroxyl groups is 1. The summed E-state index contributed by atoms with van der Waals surface area (Å²) in [6.07, 6.45) is 6.44. The van der Waals surface area contributed by atoms with Crippen LogP contribution in [-0.2, 0) is 5.60 Å². The Hall–Kier alpha value is -1.30. The molecule has 0 aromatic heterocycles. The molecule has 0 aliphatic carbocycles. The summed E-state index contributed by atoms with van der Waals surface area (Å²) < 4.78 is 0. The Balaban J connectivity index is 2.29. The van der Waals surface area contributed by atoms with E-state index in [1.807, 2.05) is 30.3 Å². The first-order valence-corrected chi connectivity index (χ1v) is 7.43. The van der Waals surface area contributed by atoms with E-state index >= 15 is 0 Å². The van der Waals surface area contributed by atoms with Crippen molar-refractivity contribution < 1.29 is 10.0 Å². The van der Waals surface area contributed by atoms with E-state index in [1.165, 1.54) is 4.90 Å². The molecule has 1 fully saturated rings. The summed E-state index contributed by atoms with van der Waals surface area (Å²) in [7, 11) is 0. The minimum absolute atomic E-state index is 0.184. The lowest BCUT2D eigenvalue weighted by molar-refractivity contribution is -0.972. The van der Waals surface area contributed by atoms with Crippen molar-refractivity contribution in [3.63, 3.8) is 0 Å². The molecule has 1 saturated heterocycles. The second-order valence-corrected chi connectivity index (χ2v) is 6.80. The van der Waals surface area contributed by atoms with Crippen molar-refractivity contribution in [1.29, 1.82) is 0 Å². The predicted octanol–water partition coefficient (Wildman–Crippen LogP) is 1.60. The zero-order valence-electron chi connectivity index (χ0n) is 13.0. The van der Waals surface area contributed by atoms with E-state index < -0.39 is 5.60 Å². The third-order valence-corrected chi connectivity index (χ3v) is 4.99. The number of likely N-dealkylation sites (tertiary alicyclic amines) is 1. The second kappa shape index (κ2) is 5.24. The molecule has 2 rings (SSSR count). The minimum Gasteiger partial charge on any atom is -0.384 e. The van der Waals surface area contributed by atoms with Crippen molar-refractivity contribution in [3.8, 4) is 12.3 Å². The van der Waals surface area contributed by atoms with Crippen LogP contribution in [0.4, 0.5) is 0 Å². The van der Waals surface area contributed by atoms with Gasteiger partial charge in [0.1, 0.15) is 5.60 Å². The van der Waals surface area contributed by atoms with Gasteiger partial charge < -0.3 is 10.0 Å². The normalized spacial score (nSPS) is 34.5. The van der Waals surface area contributed by atoms with Crippen LogP contribution in [0.5, 0.6) is 0 Å². The summed E-state index contributed by atoms with van der Waals surface area (Å²) in [6, 6.07) is 10.4. The fraction of sp³-hybridized carbons (Fsp3) is 0.556. The molecular weight excluding hydrogens is 246 g/mol. The molecule has 2 nitrogen and oxygen atoms in total. The summed E-state index contributed by atoms with van der Waals surface area (Å²) in [5.41, 5.74) is 0.0949. The number of quaternary nitrogens is 1. The standard InChI is InChI=1S/C18H25NO/c1-6-17(4,5)19-13-14(2)18(20,12-15(19)3)16-10-8-7-9-11-16/h1,7-11,14-15,20H,12-13H2,2-5H3/p+1/t14-,15+,18+/m1/s1. The van der Waals surface area contributed by atoms with Crippen molar-refractivity contribution in [2.75, 3.05) is 6.54 Å². The summed E-state index contributed by atoms with van der Waals surface area (Å²) in [4.78, 5) is 1.40. The highest BCUT2D eigenvalue weighted by molar-refractivity contribution is 5.24. The lowest BCUT2D eigenvalue weighted by atomic mass is 9.73. The first kappa shape index (κ1) is 15.1. The van der Waals surface area contributed by atoms with E-state index in [4.69, 9.17) is 6.42 Å². The van der Waals surface area contributed by atoms with Gasteiger partial charge in [0.2, 0.25) is 0 Å². The van der Waals surface area contributed by atoms with Crippen molar-refractivity contribution >= 4 is 0 Å². The van der Waals surface area contributed by atoms with E-state index in [1.54, 1.807) is 0 Å². The number of hydrogen-bond acceptors (Lipinski definition) is 1. The summed E-state index contributed by atoms with van der Waals surface area (Å²) in [5, 5.41) is 11.2. The van der Waals surface area contributed by atoms with Crippen LogP contribution in [0.2, 0.25) is 0 Å². The van der Waals surface area contributed by atoms with E-state index in [0.29, 0.717) is 6.04 Å². The molecule has 1 aromatic carbocycles. The van der Waals surface area contributed by atoms with Crippen LogP contribution in [0.3, 0.4) is 0 Å². The molecule has 20 heavy (non-hydrogen) atoms. The molecule has 0 amide bonds. The topological polar surface area (TPSA) is 24.7 Å². The molecule has 1 aliphatic heterocycles. The zero-order valence-corrected chi connectivity index (χ0v) is 13.0. The Morgan fingerprint density at radius 3 is 2.45 bits per heavy atom. The molecule has 0 radical (unpaired) electrons. The van der Waals surface area contributed by atoms with Gasteiger partial charge in [0, 0.05) is 26.2 Å². The molecule has 1 aromatic rings. The van der Waals surface area contributed by atoms with Gasteiger partial charge in [-0.3, -0.25) is 0 Å². The third-order valence-electron chi connectivity index (χ3n) is 4.99.